The number of hydrogen-bond donors (Lipinski definition) is 0. The molecule has 0 bridgehead atoms. The molecule has 0 spiro atoms. The van der Waals surface area contributed by atoms with Crippen molar-refractivity contribution in [1.82, 2.24) is 14.8 Å². The summed E-state index contributed by atoms with van der Waals surface area (Å²) >= 11 is 3.42. The Morgan fingerprint density at radius 2 is 2.11 bits per heavy atom. The summed E-state index contributed by atoms with van der Waals surface area (Å²) < 4.78 is 22.5. The van der Waals surface area contributed by atoms with Crippen LogP contribution < -0.4 is 0 Å². The molecule has 1 amide bonds. The van der Waals surface area contributed by atoms with Crippen LogP contribution in [0, 0.1) is 0 Å². The fourth-order valence-corrected chi connectivity index (χ4v) is 3.49. The summed E-state index contributed by atoms with van der Waals surface area (Å²) in [5, 5.41) is 5.90. The molecule has 146 valence electrons. The first kappa shape index (κ1) is 19.0. The molecule has 1 fully saturated rings. The summed E-state index contributed by atoms with van der Waals surface area (Å²) in [4.78, 5) is 17.3. The molecule has 28 heavy (non-hydrogen) atoms. The third-order valence-corrected chi connectivity index (χ3v) is 5.25. The van der Waals surface area contributed by atoms with Crippen LogP contribution >= 0.6 is 15.9 Å². The topological polar surface area (TPSA) is 56.6 Å². The molecule has 8 heteroatoms. The van der Waals surface area contributed by atoms with E-state index in [1.54, 1.807) is 10.8 Å². The van der Waals surface area contributed by atoms with E-state index in [1.807, 2.05) is 36.5 Å². The van der Waals surface area contributed by atoms with Gasteiger partial charge in [-0.15, -0.1) is 0 Å². The van der Waals surface area contributed by atoms with Gasteiger partial charge >= 0.3 is 0 Å². The molecule has 0 radical (unpaired) electrons. The van der Waals surface area contributed by atoms with Crippen LogP contribution in [0.2, 0.25) is 0 Å². The molecule has 2 heterocycles. The van der Waals surface area contributed by atoms with Gasteiger partial charge in [0, 0.05) is 22.7 Å². The monoisotopic (exact) mass is 447 g/mol. The normalized spacial score (nSPS) is 24.7. The largest absolute Gasteiger partial charge is 0.342 e. The minimum Gasteiger partial charge on any atom is -0.342 e. The SMILES string of the molecule is CON1C(=O)CO[C@@H]1c1cn(-c2ccc(Br)cc2)nc1C1=CCC(C)(F)C=C1. The highest BCUT2D eigenvalue weighted by molar-refractivity contribution is 9.10. The Balaban J connectivity index is 1.79. The van der Waals surface area contributed by atoms with E-state index >= 15 is 0 Å². The van der Waals surface area contributed by atoms with E-state index in [-0.39, 0.29) is 18.9 Å². The lowest BCUT2D eigenvalue weighted by molar-refractivity contribution is -0.195. The molecule has 1 unspecified atom stereocenters. The zero-order chi connectivity index (χ0) is 19.9. The molecule has 1 aromatic carbocycles. The van der Waals surface area contributed by atoms with E-state index in [9.17, 15) is 9.18 Å². The number of allylic oxidation sites excluding steroid dienone is 4. The fourth-order valence-electron chi connectivity index (χ4n) is 3.23. The quantitative estimate of drug-likeness (QED) is 0.706. The van der Waals surface area contributed by atoms with Gasteiger partial charge in [0.1, 0.15) is 18.0 Å². The fraction of sp³-hybridized carbons (Fsp3) is 0.300. The maximum atomic E-state index is 14.2. The number of nitrogens with zero attached hydrogens (tertiary/aromatic N) is 3. The summed E-state index contributed by atoms with van der Waals surface area (Å²) in [6.07, 6.45) is 6.40. The van der Waals surface area contributed by atoms with Crippen LogP contribution in [0.3, 0.4) is 0 Å². The average molecular weight is 448 g/mol. The number of amides is 1. The summed E-state index contributed by atoms with van der Waals surface area (Å²) in [6, 6.07) is 7.68. The van der Waals surface area contributed by atoms with Crippen molar-refractivity contribution in [2.24, 2.45) is 0 Å². The summed E-state index contributed by atoms with van der Waals surface area (Å²) in [5.41, 5.74) is 1.54. The molecule has 6 nitrogen and oxygen atoms in total. The Morgan fingerprint density at radius 1 is 1.36 bits per heavy atom. The van der Waals surface area contributed by atoms with Gasteiger partial charge in [-0.3, -0.25) is 9.63 Å². The Bertz CT molecular complexity index is 966. The lowest BCUT2D eigenvalue weighted by Crippen LogP contribution is -2.27. The number of rotatable bonds is 4. The van der Waals surface area contributed by atoms with E-state index in [0.29, 0.717) is 11.3 Å². The van der Waals surface area contributed by atoms with Crippen LogP contribution in [0.4, 0.5) is 4.39 Å². The van der Waals surface area contributed by atoms with E-state index in [1.165, 1.54) is 25.2 Å². The average Bonchev–Trinajstić information content (AvgIpc) is 3.25. The maximum Gasteiger partial charge on any atom is 0.274 e. The molecule has 0 saturated carbocycles. The molecular weight excluding hydrogens is 429 g/mol. The number of hydroxylamine groups is 2. The van der Waals surface area contributed by atoms with Crippen molar-refractivity contribution in [2.45, 2.75) is 25.2 Å². The first-order valence-corrected chi connectivity index (χ1v) is 9.59. The number of halogens is 2. The summed E-state index contributed by atoms with van der Waals surface area (Å²) in [6.45, 7) is 1.46. The van der Waals surface area contributed by atoms with Crippen molar-refractivity contribution in [3.63, 3.8) is 0 Å². The highest BCUT2D eigenvalue weighted by atomic mass is 79.9. The lowest BCUT2D eigenvalue weighted by atomic mass is 9.93. The molecule has 2 aromatic rings. The van der Waals surface area contributed by atoms with Gasteiger partial charge in [-0.25, -0.2) is 9.07 Å². The Labute approximate surface area is 170 Å². The highest BCUT2D eigenvalue weighted by Gasteiger charge is 2.37. The minimum atomic E-state index is -1.38. The standard InChI is InChI=1S/C20H19BrFN3O3/c1-20(22)9-7-13(8-10-20)18-16(19-25(27-2)17(26)12-28-19)11-24(23-18)15-5-3-14(21)4-6-15/h3-9,11,19H,10,12H2,1-2H3/t19-,20?/m1/s1. The number of carbonyl (C=O) groups is 1. The van der Waals surface area contributed by atoms with Gasteiger partial charge in [0.15, 0.2) is 6.23 Å². The van der Waals surface area contributed by atoms with Crippen molar-refractivity contribution >= 4 is 27.4 Å². The number of ether oxygens (including phenoxy) is 1. The van der Waals surface area contributed by atoms with Crippen LogP contribution in [0.15, 0.2) is 53.2 Å². The molecule has 1 aliphatic carbocycles. The van der Waals surface area contributed by atoms with E-state index in [2.05, 4.69) is 15.9 Å². The number of carbonyl (C=O) groups excluding carboxylic acids is 1. The predicted molar refractivity (Wildman–Crippen MR) is 105 cm³/mol. The first-order chi connectivity index (χ1) is 13.4. The van der Waals surface area contributed by atoms with Gasteiger partial charge in [0.25, 0.3) is 5.91 Å². The first-order valence-electron chi connectivity index (χ1n) is 8.80. The zero-order valence-corrected chi connectivity index (χ0v) is 17.0. The van der Waals surface area contributed by atoms with Crippen LogP contribution in [0.1, 0.15) is 30.8 Å². The van der Waals surface area contributed by atoms with E-state index in [4.69, 9.17) is 14.7 Å². The number of aromatic nitrogens is 2. The predicted octanol–water partition coefficient (Wildman–Crippen LogP) is 4.13. The van der Waals surface area contributed by atoms with Crippen molar-refractivity contribution in [3.8, 4) is 5.69 Å². The van der Waals surface area contributed by atoms with Gasteiger partial charge in [0.2, 0.25) is 0 Å². The van der Waals surface area contributed by atoms with Crippen molar-refractivity contribution in [1.29, 1.82) is 0 Å². The molecular formula is C20H19BrFN3O3. The Hall–Kier alpha value is -2.29. The van der Waals surface area contributed by atoms with E-state index in [0.717, 1.165) is 15.7 Å². The van der Waals surface area contributed by atoms with Gasteiger partial charge in [-0.2, -0.15) is 10.2 Å². The highest BCUT2D eigenvalue weighted by Crippen LogP contribution is 2.36. The molecule has 2 aliphatic rings. The minimum absolute atomic E-state index is 0.0706. The summed E-state index contributed by atoms with van der Waals surface area (Å²) in [7, 11) is 1.42. The molecule has 2 atom stereocenters. The van der Waals surface area contributed by atoms with Crippen molar-refractivity contribution in [2.75, 3.05) is 13.7 Å². The smallest absolute Gasteiger partial charge is 0.274 e. The van der Waals surface area contributed by atoms with Crippen LogP contribution in [0.5, 0.6) is 0 Å². The lowest BCUT2D eigenvalue weighted by Gasteiger charge is -2.22. The van der Waals surface area contributed by atoms with Gasteiger partial charge < -0.3 is 4.74 Å². The van der Waals surface area contributed by atoms with Gasteiger partial charge in [-0.05, 0) is 42.8 Å². The number of benzene rings is 1. The second-order valence-corrected chi connectivity index (χ2v) is 7.81. The number of hydrogen-bond acceptors (Lipinski definition) is 4. The van der Waals surface area contributed by atoms with Crippen LogP contribution in [-0.4, -0.2) is 40.1 Å². The zero-order valence-electron chi connectivity index (χ0n) is 15.4. The third kappa shape index (κ3) is 3.55. The van der Waals surface area contributed by atoms with Crippen molar-refractivity contribution in [3.05, 3.63) is 64.4 Å². The maximum absolute atomic E-state index is 14.2. The molecule has 4 rings (SSSR count). The van der Waals surface area contributed by atoms with Gasteiger partial charge in [-0.1, -0.05) is 28.1 Å². The second kappa shape index (κ2) is 7.27. The summed E-state index contributed by atoms with van der Waals surface area (Å²) in [5.74, 6) is -0.264. The van der Waals surface area contributed by atoms with E-state index < -0.39 is 11.9 Å². The van der Waals surface area contributed by atoms with Crippen LogP contribution in [-0.2, 0) is 14.4 Å². The third-order valence-electron chi connectivity index (χ3n) is 4.72. The number of alkyl halides is 1. The molecule has 1 aliphatic heterocycles. The van der Waals surface area contributed by atoms with Crippen LogP contribution in [0.25, 0.3) is 11.3 Å². The van der Waals surface area contributed by atoms with Gasteiger partial charge in [0.05, 0.1) is 12.8 Å². The second-order valence-electron chi connectivity index (χ2n) is 6.89. The molecule has 1 saturated heterocycles. The Kier molecular flexibility index (Phi) is 4.95. The molecule has 0 N–H and O–H groups in total. The Morgan fingerprint density at radius 3 is 2.75 bits per heavy atom. The van der Waals surface area contributed by atoms with Crippen molar-refractivity contribution < 1.29 is 18.8 Å². The molecule has 1 aromatic heterocycles.